The number of carboxylic acid groups (broad SMARTS) is 1. The molecule has 5 nitrogen and oxygen atoms in total. The van der Waals surface area contributed by atoms with Crippen LogP contribution in [-0.2, 0) is 0 Å². The average molecular weight is 333 g/mol. The number of rotatable bonds is 2. The van der Waals surface area contributed by atoms with Crippen LogP contribution in [0.1, 0.15) is 20.7 Å². The molecule has 0 saturated heterocycles. The summed E-state index contributed by atoms with van der Waals surface area (Å²) in [6.45, 7) is 0. The van der Waals surface area contributed by atoms with E-state index in [9.17, 15) is 9.59 Å². The smallest absolute Gasteiger partial charge is 0.335 e. The van der Waals surface area contributed by atoms with Crippen molar-refractivity contribution in [2.24, 2.45) is 5.73 Å². The number of fused-ring (bicyclic) bond motifs is 3. The van der Waals surface area contributed by atoms with E-state index in [1.54, 1.807) is 18.2 Å². The van der Waals surface area contributed by atoms with Gasteiger partial charge in [0.1, 0.15) is 0 Å². The molecule has 1 amide bonds. The van der Waals surface area contributed by atoms with Crippen molar-refractivity contribution in [1.82, 2.24) is 4.98 Å². The number of carboxylic acids is 1. The summed E-state index contributed by atoms with van der Waals surface area (Å²) in [6.07, 6.45) is 0. The number of aromatic amines is 1. The minimum atomic E-state index is -1.00. The predicted molar refractivity (Wildman–Crippen MR) is 79.0 cm³/mol. The number of carbonyl (C=O) groups excluding carboxylic acids is 1. The summed E-state index contributed by atoms with van der Waals surface area (Å²) in [5.74, 6) is -1.53. The standard InChI is InChI=1S/C14H9BrN2O3/c15-9-4-3-8(13(16)18)12-11(9)7-2-1-6(14(19)20)5-10(7)17-12/h1-5,17H,(H2,16,18)(H,19,20). The number of aromatic nitrogens is 1. The number of H-pyrrole nitrogens is 1. The van der Waals surface area contributed by atoms with Gasteiger partial charge in [0.25, 0.3) is 5.91 Å². The molecule has 4 N–H and O–H groups in total. The Labute approximate surface area is 121 Å². The Hall–Kier alpha value is -2.34. The molecular weight excluding hydrogens is 324 g/mol. The van der Waals surface area contributed by atoms with E-state index in [0.29, 0.717) is 16.6 Å². The van der Waals surface area contributed by atoms with Gasteiger partial charge >= 0.3 is 5.97 Å². The lowest BCUT2D eigenvalue weighted by Crippen LogP contribution is -2.11. The quantitative estimate of drug-likeness (QED) is 0.673. The van der Waals surface area contributed by atoms with Crippen molar-refractivity contribution in [1.29, 1.82) is 0 Å². The molecule has 0 aliphatic heterocycles. The first-order valence-corrected chi connectivity index (χ1v) is 6.55. The van der Waals surface area contributed by atoms with Crippen LogP contribution in [-0.4, -0.2) is 22.0 Å². The van der Waals surface area contributed by atoms with Crippen LogP contribution in [0.4, 0.5) is 0 Å². The maximum Gasteiger partial charge on any atom is 0.335 e. The van der Waals surface area contributed by atoms with Gasteiger partial charge in [0.2, 0.25) is 0 Å². The van der Waals surface area contributed by atoms with Crippen LogP contribution < -0.4 is 5.73 Å². The van der Waals surface area contributed by atoms with E-state index >= 15 is 0 Å². The zero-order valence-corrected chi connectivity index (χ0v) is 11.7. The monoisotopic (exact) mass is 332 g/mol. The van der Waals surface area contributed by atoms with Crippen LogP contribution in [0, 0.1) is 0 Å². The van der Waals surface area contributed by atoms with Gasteiger partial charge in [-0.3, -0.25) is 4.79 Å². The zero-order valence-electron chi connectivity index (χ0n) is 10.1. The summed E-state index contributed by atoms with van der Waals surface area (Å²) in [5.41, 5.74) is 7.16. The third-order valence-corrected chi connectivity index (χ3v) is 3.88. The zero-order chi connectivity index (χ0) is 14.4. The van der Waals surface area contributed by atoms with E-state index in [-0.39, 0.29) is 5.56 Å². The first-order valence-electron chi connectivity index (χ1n) is 5.76. The van der Waals surface area contributed by atoms with Crippen LogP contribution in [0.25, 0.3) is 21.8 Å². The number of halogens is 1. The van der Waals surface area contributed by atoms with Crippen LogP contribution >= 0.6 is 15.9 Å². The van der Waals surface area contributed by atoms with Gasteiger partial charge in [-0.1, -0.05) is 22.0 Å². The summed E-state index contributed by atoms with van der Waals surface area (Å²) in [7, 11) is 0. The van der Waals surface area contributed by atoms with Crippen molar-refractivity contribution in [3.05, 3.63) is 45.9 Å². The van der Waals surface area contributed by atoms with E-state index in [1.807, 2.05) is 0 Å². The van der Waals surface area contributed by atoms with E-state index in [2.05, 4.69) is 20.9 Å². The molecule has 1 aromatic heterocycles. The molecule has 2 aromatic carbocycles. The Morgan fingerprint density at radius 2 is 1.95 bits per heavy atom. The Morgan fingerprint density at radius 1 is 1.20 bits per heavy atom. The number of benzene rings is 2. The van der Waals surface area contributed by atoms with Crippen molar-refractivity contribution < 1.29 is 14.7 Å². The lowest BCUT2D eigenvalue weighted by Gasteiger charge is -2.00. The Kier molecular flexibility index (Phi) is 2.76. The molecule has 0 saturated carbocycles. The molecule has 3 aromatic rings. The van der Waals surface area contributed by atoms with Crippen LogP contribution in [0.2, 0.25) is 0 Å². The van der Waals surface area contributed by atoms with Gasteiger partial charge in [-0.15, -0.1) is 0 Å². The number of carbonyl (C=O) groups is 2. The summed E-state index contributed by atoms with van der Waals surface area (Å²) >= 11 is 3.44. The largest absolute Gasteiger partial charge is 0.478 e. The lowest BCUT2D eigenvalue weighted by molar-refractivity contribution is 0.0696. The van der Waals surface area contributed by atoms with Crippen molar-refractivity contribution in [3.8, 4) is 0 Å². The minimum Gasteiger partial charge on any atom is -0.478 e. The number of primary amides is 1. The predicted octanol–water partition coefficient (Wildman–Crippen LogP) is 2.88. The Morgan fingerprint density at radius 3 is 2.60 bits per heavy atom. The number of aromatic carboxylic acids is 1. The Balaban J connectivity index is 2.46. The second kappa shape index (κ2) is 4.35. The molecule has 0 atom stereocenters. The van der Waals surface area contributed by atoms with Crippen LogP contribution in [0.15, 0.2) is 34.8 Å². The molecule has 0 spiro atoms. The highest BCUT2D eigenvalue weighted by atomic mass is 79.9. The van der Waals surface area contributed by atoms with Crippen molar-refractivity contribution >= 4 is 49.6 Å². The van der Waals surface area contributed by atoms with Gasteiger partial charge in [0.05, 0.1) is 16.6 Å². The molecule has 100 valence electrons. The summed E-state index contributed by atoms with van der Waals surface area (Å²) in [4.78, 5) is 25.5. The van der Waals surface area contributed by atoms with Crippen LogP contribution in [0.5, 0.6) is 0 Å². The van der Waals surface area contributed by atoms with Crippen molar-refractivity contribution in [2.45, 2.75) is 0 Å². The first-order chi connectivity index (χ1) is 9.49. The molecule has 0 bridgehead atoms. The van der Waals surface area contributed by atoms with Gasteiger partial charge in [-0.25, -0.2) is 4.79 Å². The highest BCUT2D eigenvalue weighted by molar-refractivity contribution is 9.10. The molecule has 1 heterocycles. The topological polar surface area (TPSA) is 96.2 Å². The lowest BCUT2D eigenvalue weighted by atomic mass is 10.1. The van der Waals surface area contributed by atoms with E-state index in [0.717, 1.165) is 15.2 Å². The summed E-state index contributed by atoms with van der Waals surface area (Å²) in [6, 6.07) is 8.16. The number of amides is 1. The van der Waals surface area contributed by atoms with Gasteiger partial charge in [0.15, 0.2) is 0 Å². The van der Waals surface area contributed by atoms with E-state index in [1.165, 1.54) is 12.1 Å². The molecule has 0 radical (unpaired) electrons. The molecule has 0 unspecified atom stereocenters. The SMILES string of the molecule is NC(=O)c1ccc(Br)c2c1[nH]c1cc(C(=O)O)ccc12. The van der Waals surface area contributed by atoms with Crippen molar-refractivity contribution in [2.75, 3.05) is 0 Å². The average Bonchev–Trinajstić information content (AvgIpc) is 2.77. The minimum absolute atomic E-state index is 0.181. The fourth-order valence-electron chi connectivity index (χ4n) is 2.31. The number of nitrogens with one attached hydrogen (secondary N) is 1. The maximum absolute atomic E-state index is 11.5. The van der Waals surface area contributed by atoms with Gasteiger partial charge in [-0.05, 0) is 24.3 Å². The molecular formula is C14H9BrN2O3. The summed E-state index contributed by atoms with van der Waals surface area (Å²) < 4.78 is 0.812. The van der Waals surface area contributed by atoms with Gasteiger partial charge < -0.3 is 15.8 Å². The third-order valence-electron chi connectivity index (χ3n) is 3.22. The second-order valence-electron chi connectivity index (χ2n) is 4.40. The molecule has 20 heavy (non-hydrogen) atoms. The number of nitrogens with two attached hydrogens (primary N) is 1. The number of hydrogen-bond donors (Lipinski definition) is 3. The molecule has 6 heteroatoms. The fourth-order valence-corrected chi connectivity index (χ4v) is 2.85. The molecule has 0 aliphatic carbocycles. The summed E-state index contributed by atoms with van der Waals surface area (Å²) in [5, 5.41) is 10.7. The van der Waals surface area contributed by atoms with E-state index < -0.39 is 11.9 Å². The Bertz CT molecular complexity index is 883. The number of hydrogen-bond acceptors (Lipinski definition) is 2. The molecule has 0 aliphatic rings. The fraction of sp³-hybridized carbons (Fsp3) is 0. The van der Waals surface area contributed by atoms with Crippen molar-refractivity contribution in [3.63, 3.8) is 0 Å². The van der Waals surface area contributed by atoms with Gasteiger partial charge in [-0.2, -0.15) is 0 Å². The second-order valence-corrected chi connectivity index (χ2v) is 5.25. The normalized spacial score (nSPS) is 11.1. The van der Waals surface area contributed by atoms with E-state index in [4.69, 9.17) is 10.8 Å². The highest BCUT2D eigenvalue weighted by Crippen LogP contribution is 2.34. The maximum atomic E-state index is 11.5. The highest BCUT2D eigenvalue weighted by Gasteiger charge is 2.15. The third kappa shape index (κ3) is 1.77. The molecule has 0 fully saturated rings. The van der Waals surface area contributed by atoms with Crippen LogP contribution in [0.3, 0.4) is 0 Å². The molecule has 3 rings (SSSR count). The van der Waals surface area contributed by atoms with Gasteiger partial charge in [0, 0.05) is 20.8 Å². The first kappa shape index (κ1) is 12.7.